The van der Waals surface area contributed by atoms with Crippen molar-refractivity contribution in [1.82, 2.24) is 25.0 Å². The van der Waals surface area contributed by atoms with Crippen LogP contribution >= 0.6 is 0 Å². The van der Waals surface area contributed by atoms with E-state index in [0.29, 0.717) is 32.4 Å². The SMILES string of the molecule is C[C@H](O)Cc1cn(C2CCN(c3nccc(C(F)(F)F)n3)CC2)nn1. The Morgan fingerprint density at radius 1 is 1.32 bits per heavy atom. The van der Waals surface area contributed by atoms with Crippen molar-refractivity contribution in [2.24, 2.45) is 0 Å². The van der Waals surface area contributed by atoms with Gasteiger partial charge >= 0.3 is 6.18 Å². The predicted molar refractivity (Wildman–Crippen MR) is 82.9 cm³/mol. The molecule has 136 valence electrons. The van der Waals surface area contributed by atoms with Gasteiger partial charge in [0.25, 0.3) is 0 Å². The number of aliphatic hydroxyl groups is 1. The largest absolute Gasteiger partial charge is 0.433 e. The molecule has 0 aromatic carbocycles. The summed E-state index contributed by atoms with van der Waals surface area (Å²) in [6.07, 6.45) is -0.155. The van der Waals surface area contributed by atoms with Crippen molar-refractivity contribution in [3.8, 4) is 0 Å². The first kappa shape index (κ1) is 17.6. The minimum Gasteiger partial charge on any atom is -0.393 e. The molecule has 1 fully saturated rings. The maximum atomic E-state index is 12.8. The van der Waals surface area contributed by atoms with Crippen molar-refractivity contribution in [2.75, 3.05) is 18.0 Å². The zero-order chi connectivity index (χ0) is 18.0. The number of alkyl halides is 3. The molecule has 1 atom stereocenters. The Hall–Kier alpha value is -2.23. The highest BCUT2D eigenvalue weighted by Gasteiger charge is 2.33. The van der Waals surface area contributed by atoms with Crippen molar-refractivity contribution in [1.29, 1.82) is 0 Å². The van der Waals surface area contributed by atoms with E-state index in [1.807, 2.05) is 6.20 Å². The summed E-state index contributed by atoms with van der Waals surface area (Å²) >= 11 is 0. The number of halogens is 3. The first-order chi connectivity index (χ1) is 11.8. The maximum Gasteiger partial charge on any atom is 0.433 e. The molecule has 25 heavy (non-hydrogen) atoms. The van der Waals surface area contributed by atoms with Crippen LogP contribution in [-0.4, -0.2) is 49.3 Å². The number of rotatable bonds is 4. The number of hydrogen-bond acceptors (Lipinski definition) is 6. The maximum absolute atomic E-state index is 12.8. The number of hydrogen-bond donors (Lipinski definition) is 1. The zero-order valence-electron chi connectivity index (χ0n) is 13.7. The van der Waals surface area contributed by atoms with Crippen LogP contribution in [0.3, 0.4) is 0 Å². The molecule has 1 saturated heterocycles. The Labute approximate surface area is 142 Å². The highest BCUT2D eigenvalue weighted by Crippen LogP contribution is 2.29. The molecule has 0 bridgehead atoms. The lowest BCUT2D eigenvalue weighted by atomic mass is 10.1. The third-order valence-electron chi connectivity index (χ3n) is 4.12. The van der Waals surface area contributed by atoms with Crippen LogP contribution in [0.25, 0.3) is 0 Å². The summed E-state index contributed by atoms with van der Waals surface area (Å²) in [5.74, 6) is 0.0988. The normalized spacial score (nSPS) is 17.7. The Kier molecular flexibility index (Phi) is 4.89. The fraction of sp³-hybridized carbons (Fsp3) is 0.600. The lowest BCUT2D eigenvalue weighted by molar-refractivity contribution is -0.141. The molecule has 0 saturated carbocycles. The standard InChI is InChI=1S/C15H19F3N6O/c1-10(25)8-11-9-24(22-21-11)12-3-6-23(7-4-12)14-19-5-2-13(20-14)15(16,17)18/h2,5,9-10,12,25H,3-4,6-8H2,1H3/t10-/m0/s1. The lowest BCUT2D eigenvalue weighted by Gasteiger charge is -2.31. The van der Waals surface area contributed by atoms with Crippen molar-refractivity contribution in [2.45, 2.75) is 44.5 Å². The van der Waals surface area contributed by atoms with E-state index in [4.69, 9.17) is 0 Å². The lowest BCUT2D eigenvalue weighted by Crippen LogP contribution is -2.36. The first-order valence-electron chi connectivity index (χ1n) is 8.07. The molecular formula is C15H19F3N6O. The number of aromatic nitrogens is 5. The Morgan fingerprint density at radius 3 is 2.68 bits per heavy atom. The number of piperidine rings is 1. The fourth-order valence-electron chi connectivity index (χ4n) is 2.88. The summed E-state index contributed by atoms with van der Waals surface area (Å²) < 4.78 is 40.1. The van der Waals surface area contributed by atoms with E-state index in [1.165, 1.54) is 0 Å². The minimum atomic E-state index is -4.48. The van der Waals surface area contributed by atoms with Gasteiger partial charge in [0, 0.05) is 31.9 Å². The topological polar surface area (TPSA) is 80.0 Å². The summed E-state index contributed by atoms with van der Waals surface area (Å²) in [5, 5.41) is 17.5. The Bertz CT molecular complexity index is 709. The van der Waals surface area contributed by atoms with E-state index >= 15 is 0 Å². The summed E-state index contributed by atoms with van der Waals surface area (Å²) in [6, 6.07) is 0.993. The molecule has 2 aromatic rings. The molecule has 0 unspecified atom stereocenters. The van der Waals surface area contributed by atoms with E-state index in [-0.39, 0.29) is 12.0 Å². The van der Waals surface area contributed by atoms with Crippen molar-refractivity contribution >= 4 is 5.95 Å². The Morgan fingerprint density at radius 2 is 2.04 bits per heavy atom. The van der Waals surface area contributed by atoms with Crippen molar-refractivity contribution < 1.29 is 18.3 Å². The molecule has 2 aromatic heterocycles. The number of nitrogens with zero attached hydrogens (tertiary/aromatic N) is 6. The van der Waals surface area contributed by atoms with Crippen LogP contribution in [0.4, 0.5) is 19.1 Å². The van der Waals surface area contributed by atoms with Crippen LogP contribution in [0.1, 0.15) is 37.2 Å². The highest BCUT2D eigenvalue weighted by molar-refractivity contribution is 5.31. The van der Waals surface area contributed by atoms with Gasteiger partial charge < -0.3 is 10.0 Å². The van der Waals surface area contributed by atoms with Gasteiger partial charge in [-0.25, -0.2) is 14.6 Å². The van der Waals surface area contributed by atoms with Gasteiger partial charge in [0.2, 0.25) is 5.95 Å². The molecule has 0 spiro atoms. The average Bonchev–Trinajstić information content (AvgIpc) is 3.02. The van der Waals surface area contributed by atoms with Crippen LogP contribution in [0.15, 0.2) is 18.5 Å². The molecule has 0 amide bonds. The summed E-state index contributed by atoms with van der Waals surface area (Å²) in [4.78, 5) is 9.34. The smallest absolute Gasteiger partial charge is 0.393 e. The van der Waals surface area contributed by atoms with Gasteiger partial charge in [0.15, 0.2) is 0 Å². The molecule has 3 heterocycles. The van der Waals surface area contributed by atoms with E-state index < -0.39 is 18.0 Å². The monoisotopic (exact) mass is 356 g/mol. The molecule has 7 nitrogen and oxygen atoms in total. The molecule has 0 radical (unpaired) electrons. The second-order valence-corrected chi connectivity index (χ2v) is 6.20. The Balaban J connectivity index is 1.63. The number of anilines is 1. The molecule has 1 aliphatic heterocycles. The van der Waals surface area contributed by atoms with Crippen molar-refractivity contribution in [3.05, 3.63) is 29.8 Å². The molecule has 10 heteroatoms. The fourth-order valence-corrected chi connectivity index (χ4v) is 2.88. The third-order valence-corrected chi connectivity index (χ3v) is 4.12. The third kappa shape index (κ3) is 4.25. The zero-order valence-corrected chi connectivity index (χ0v) is 13.7. The summed E-state index contributed by atoms with van der Waals surface area (Å²) in [7, 11) is 0. The van der Waals surface area contributed by atoms with Gasteiger partial charge in [-0.3, -0.25) is 0 Å². The van der Waals surface area contributed by atoms with E-state index in [1.54, 1.807) is 16.5 Å². The average molecular weight is 356 g/mol. The van der Waals surface area contributed by atoms with Crippen LogP contribution in [0, 0.1) is 0 Å². The number of aliphatic hydroxyl groups excluding tert-OH is 1. The van der Waals surface area contributed by atoms with Gasteiger partial charge in [-0.05, 0) is 25.8 Å². The quantitative estimate of drug-likeness (QED) is 0.901. The van der Waals surface area contributed by atoms with Crippen LogP contribution in [0.2, 0.25) is 0 Å². The van der Waals surface area contributed by atoms with Gasteiger partial charge in [0.1, 0.15) is 5.69 Å². The van der Waals surface area contributed by atoms with E-state index in [9.17, 15) is 18.3 Å². The molecule has 1 aliphatic rings. The van der Waals surface area contributed by atoms with Gasteiger partial charge in [0.05, 0.1) is 17.8 Å². The summed E-state index contributed by atoms with van der Waals surface area (Å²) in [6.45, 7) is 2.77. The van der Waals surface area contributed by atoms with Gasteiger partial charge in [-0.2, -0.15) is 13.2 Å². The second kappa shape index (κ2) is 6.95. The van der Waals surface area contributed by atoms with E-state index in [2.05, 4.69) is 20.3 Å². The van der Waals surface area contributed by atoms with Gasteiger partial charge in [-0.15, -0.1) is 5.10 Å². The molecule has 1 N–H and O–H groups in total. The second-order valence-electron chi connectivity index (χ2n) is 6.20. The van der Waals surface area contributed by atoms with E-state index in [0.717, 1.165) is 18.0 Å². The van der Waals surface area contributed by atoms with Crippen LogP contribution in [-0.2, 0) is 12.6 Å². The molecule has 0 aliphatic carbocycles. The summed E-state index contributed by atoms with van der Waals surface area (Å²) in [5.41, 5.74) is -0.211. The van der Waals surface area contributed by atoms with Crippen molar-refractivity contribution in [3.63, 3.8) is 0 Å². The minimum absolute atomic E-state index is 0.0988. The van der Waals surface area contributed by atoms with Crippen LogP contribution < -0.4 is 4.90 Å². The molecule has 3 rings (SSSR count). The van der Waals surface area contributed by atoms with Gasteiger partial charge in [-0.1, -0.05) is 5.21 Å². The highest BCUT2D eigenvalue weighted by atomic mass is 19.4. The predicted octanol–water partition coefficient (Wildman–Crippen LogP) is 1.85. The molecular weight excluding hydrogens is 337 g/mol. The first-order valence-corrected chi connectivity index (χ1v) is 8.07. The van der Waals surface area contributed by atoms with Crippen LogP contribution in [0.5, 0.6) is 0 Å².